The molecule has 2 aromatic heterocycles. The van der Waals surface area contributed by atoms with Crippen LogP contribution in [0.25, 0.3) is 11.3 Å². The van der Waals surface area contributed by atoms with E-state index in [0.717, 1.165) is 23.8 Å². The average molecular weight is 255 g/mol. The molecule has 3 heterocycles. The predicted octanol–water partition coefficient (Wildman–Crippen LogP) is 2.11. The number of anilines is 2. The molecule has 0 saturated carbocycles. The van der Waals surface area contributed by atoms with Gasteiger partial charge in [0, 0.05) is 30.5 Å². The molecule has 5 heteroatoms. The zero-order valence-electron chi connectivity index (χ0n) is 11.0. The standard InChI is InChI=1S/C14H17N5/c1-10-4-3-7-19(10)14-16-8-11(9-17-14)12-5-2-6-13(15)18-12/h2,5-6,8-10H,3-4,7H2,1H3,(H2,15,18). The van der Waals surface area contributed by atoms with Gasteiger partial charge in [-0.25, -0.2) is 15.0 Å². The molecule has 0 radical (unpaired) electrons. The van der Waals surface area contributed by atoms with E-state index >= 15 is 0 Å². The lowest BCUT2D eigenvalue weighted by Crippen LogP contribution is -2.28. The summed E-state index contributed by atoms with van der Waals surface area (Å²) < 4.78 is 0. The molecule has 19 heavy (non-hydrogen) atoms. The Kier molecular flexibility index (Phi) is 3.03. The Labute approximate surface area is 112 Å². The van der Waals surface area contributed by atoms with Crippen LogP contribution in [0.5, 0.6) is 0 Å². The highest BCUT2D eigenvalue weighted by atomic mass is 15.3. The van der Waals surface area contributed by atoms with Crippen LogP contribution in [-0.2, 0) is 0 Å². The predicted molar refractivity (Wildman–Crippen MR) is 75.7 cm³/mol. The van der Waals surface area contributed by atoms with Crippen molar-refractivity contribution in [1.82, 2.24) is 15.0 Å². The number of hydrogen-bond donors (Lipinski definition) is 1. The third kappa shape index (κ3) is 2.36. The summed E-state index contributed by atoms with van der Waals surface area (Å²) in [6.45, 7) is 3.25. The van der Waals surface area contributed by atoms with Gasteiger partial charge >= 0.3 is 0 Å². The van der Waals surface area contributed by atoms with Crippen LogP contribution in [0.3, 0.4) is 0 Å². The van der Waals surface area contributed by atoms with E-state index in [1.54, 1.807) is 6.07 Å². The van der Waals surface area contributed by atoms with Gasteiger partial charge in [0.2, 0.25) is 5.95 Å². The van der Waals surface area contributed by atoms with Crippen molar-refractivity contribution in [2.45, 2.75) is 25.8 Å². The number of nitrogens with two attached hydrogens (primary N) is 1. The van der Waals surface area contributed by atoms with E-state index in [1.807, 2.05) is 24.5 Å². The molecular formula is C14H17N5. The summed E-state index contributed by atoms with van der Waals surface area (Å²) in [5.74, 6) is 1.31. The van der Waals surface area contributed by atoms with Crippen LogP contribution in [0.1, 0.15) is 19.8 Å². The lowest BCUT2D eigenvalue weighted by molar-refractivity contribution is 0.717. The maximum Gasteiger partial charge on any atom is 0.225 e. The summed E-state index contributed by atoms with van der Waals surface area (Å²) >= 11 is 0. The second-order valence-corrected chi connectivity index (χ2v) is 4.90. The maximum absolute atomic E-state index is 5.68. The van der Waals surface area contributed by atoms with Crippen LogP contribution in [0.2, 0.25) is 0 Å². The minimum Gasteiger partial charge on any atom is -0.384 e. The number of nitrogens with zero attached hydrogens (tertiary/aromatic N) is 4. The highest BCUT2D eigenvalue weighted by Gasteiger charge is 2.22. The van der Waals surface area contributed by atoms with Crippen LogP contribution in [0.4, 0.5) is 11.8 Å². The molecule has 1 aliphatic heterocycles. The first-order valence-corrected chi connectivity index (χ1v) is 6.55. The summed E-state index contributed by atoms with van der Waals surface area (Å²) in [5.41, 5.74) is 7.38. The number of hydrogen-bond acceptors (Lipinski definition) is 5. The van der Waals surface area contributed by atoms with Crippen molar-refractivity contribution < 1.29 is 0 Å². The van der Waals surface area contributed by atoms with Crippen LogP contribution in [0.15, 0.2) is 30.6 Å². The molecule has 3 rings (SSSR count). The first kappa shape index (κ1) is 11.9. The molecule has 0 spiro atoms. The topological polar surface area (TPSA) is 67.9 Å². The second kappa shape index (κ2) is 4.84. The molecule has 5 nitrogen and oxygen atoms in total. The van der Waals surface area contributed by atoms with Gasteiger partial charge in [0.1, 0.15) is 5.82 Å². The molecule has 1 unspecified atom stereocenters. The third-order valence-electron chi connectivity index (χ3n) is 3.51. The first-order valence-electron chi connectivity index (χ1n) is 6.55. The molecule has 2 aromatic rings. The molecule has 0 amide bonds. The van der Waals surface area contributed by atoms with Crippen LogP contribution in [-0.4, -0.2) is 27.5 Å². The lowest BCUT2D eigenvalue weighted by Gasteiger charge is -2.20. The van der Waals surface area contributed by atoms with E-state index in [4.69, 9.17) is 5.73 Å². The Morgan fingerprint density at radius 3 is 2.68 bits per heavy atom. The number of nitrogen functional groups attached to an aromatic ring is 1. The molecular weight excluding hydrogens is 238 g/mol. The van der Waals surface area contributed by atoms with Crippen molar-refractivity contribution >= 4 is 11.8 Å². The molecule has 0 aliphatic carbocycles. The van der Waals surface area contributed by atoms with Gasteiger partial charge in [-0.1, -0.05) is 6.07 Å². The van der Waals surface area contributed by atoms with Gasteiger partial charge in [0.05, 0.1) is 5.69 Å². The van der Waals surface area contributed by atoms with Crippen LogP contribution >= 0.6 is 0 Å². The van der Waals surface area contributed by atoms with Crippen LogP contribution < -0.4 is 10.6 Å². The van der Waals surface area contributed by atoms with E-state index in [9.17, 15) is 0 Å². The molecule has 0 aromatic carbocycles. The van der Waals surface area contributed by atoms with Crippen molar-refractivity contribution in [2.24, 2.45) is 0 Å². The summed E-state index contributed by atoms with van der Waals surface area (Å²) in [6, 6.07) is 6.09. The highest BCUT2D eigenvalue weighted by molar-refractivity contribution is 5.59. The van der Waals surface area contributed by atoms with Gasteiger partial charge in [0.25, 0.3) is 0 Å². The summed E-state index contributed by atoms with van der Waals surface area (Å²) in [7, 11) is 0. The molecule has 98 valence electrons. The van der Waals surface area contributed by atoms with Gasteiger partial charge in [-0.3, -0.25) is 0 Å². The fraction of sp³-hybridized carbons (Fsp3) is 0.357. The largest absolute Gasteiger partial charge is 0.384 e. The molecule has 1 atom stereocenters. The lowest BCUT2D eigenvalue weighted by atomic mass is 10.2. The van der Waals surface area contributed by atoms with E-state index in [-0.39, 0.29) is 0 Å². The van der Waals surface area contributed by atoms with Crippen LogP contribution in [0, 0.1) is 0 Å². The smallest absolute Gasteiger partial charge is 0.225 e. The minimum absolute atomic E-state index is 0.509. The Morgan fingerprint density at radius 1 is 1.26 bits per heavy atom. The van der Waals surface area contributed by atoms with Gasteiger partial charge in [-0.15, -0.1) is 0 Å². The van der Waals surface area contributed by atoms with E-state index < -0.39 is 0 Å². The Balaban J connectivity index is 1.86. The maximum atomic E-state index is 5.68. The summed E-state index contributed by atoms with van der Waals surface area (Å²) in [4.78, 5) is 15.4. The average Bonchev–Trinajstić information content (AvgIpc) is 2.85. The fourth-order valence-electron chi connectivity index (χ4n) is 2.44. The number of pyridine rings is 1. The van der Waals surface area contributed by atoms with Gasteiger partial charge in [-0.2, -0.15) is 0 Å². The van der Waals surface area contributed by atoms with Crippen molar-refractivity contribution in [3.8, 4) is 11.3 Å². The van der Waals surface area contributed by atoms with Crippen molar-refractivity contribution in [3.05, 3.63) is 30.6 Å². The molecule has 2 N–H and O–H groups in total. The highest BCUT2D eigenvalue weighted by Crippen LogP contribution is 2.23. The molecule has 1 fully saturated rings. The Morgan fingerprint density at radius 2 is 2.05 bits per heavy atom. The normalized spacial score (nSPS) is 18.8. The fourth-order valence-corrected chi connectivity index (χ4v) is 2.44. The van der Waals surface area contributed by atoms with Gasteiger partial charge in [0.15, 0.2) is 0 Å². The quantitative estimate of drug-likeness (QED) is 0.890. The Hall–Kier alpha value is -2.17. The summed E-state index contributed by atoms with van der Waals surface area (Å²) in [5, 5.41) is 0. The molecule has 0 bridgehead atoms. The molecule has 1 saturated heterocycles. The van der Waals surface area contributed by atoms with Crippen molar-refractivity contribution in [1.29, 1.82) is 0 Å². The SMILES string of the molecule is CC1CCCN1c1ncc(-c2cccc(N)n2)cn1. The summed E-state index contributed by atoms with van der Waals surface area (Å²) in [6.07, 6.45) is 6.05. The first-order chi connectivity index (χ1) is 9.24. The number of rotatable bonds is 2. The van der Waals surface area contributed by atoms with E-state index in [1.165, 1.54) is 12.8 Å². The van der Waals surface area contributed by atoms with Gasteiger partial charge in [-0.05, 0) is 31.9 Å². The molecule has 1 aliphatic rings. The number of aromatic nitrogens is 3. The monoisotopic (exact) mass is 255 g/mol. The van der Waals surface area contributed by atoms with E-state index in [0.29, 0.717) is 11.9 Å². The Bertz CT molecular complexity index is 566. The zero-order valence-corrected chi connectivity index (χ0v) is 11.0. The second-order valence-electron chi connectivity index (χ2n) is 4.90. The minimum atomic E-state index is 0.509. The van der Waals surface area contributed by atoms with Crippen molar-refractivity contribution in [2.75, 3.05) is 17.2 Å². The third-order valence-corrected chi connectivity index (χ3v) is 3.51. The van der Waals surface area contributed by atoms with Crippen molar-refractivity contribution in [3.63, 3.8) is 0 Å². The zero-order chi connectivity index (χ0) is 13.2. The van der Waals surface area contributed by atoms with Gasteiger partial charge < -0.3 is 10.6 Å². The van der Waals surface area contributed by atoms with E-state index in [2.05, 4.69) is 26.8 Å².